The summed E-state index contributed by atoms with van der Waals surface area (Å²) in [5.74, 6) is 0. The average Bonchev–Trinajstić information content (AvgIpc) is 2.49. The molecule has 0 amide bonds. The average molecular weight is 282 g/mol. The van der Waals surface area contributed by atoms with Crippen LogP contribution in [-0.4, -0.2) is 24.5 Å². The van der Waals surface area contributed by atoms with E-state index in [1.807, 2.05) is 0 Å². The van der Waals surface area contributed by atoms with Gasteiger partial charge in [-0.25, -0.2) is 0 Å². The van der Waals surface area contributed by atoms with Crippen LogP contribution in [0.4, 0.5) is 0 Å². The summed E-state index contributed by atoms with van der Waals surface area (Å²) < 4.78 is 0. The summed E-state index contributed by atoms with van der Waals surface area (Å²) in [7, 11) is 2.17. The maximum absolute atomic E-state index is 6.21. The van der Waals surface area contributed by atoms with E-state index in [2.05, 4.69) is 79.5 Å². The van der Waals surface area contributed by atoms with E-state index in [1.165, 1.54) is 11.1 Å². The minimum Gasteiger partial charge on any atom is -0.326 e. The van der Waals surface area contributed by atoms with Crippen LogP contribution in [0.15, 0.2) is 60.7 Å². The molecular weight excluding hydrogens is 256 g/mol. The van der Waals surface area contributed by atoms with Crippen LogP contribution in [0.3, 0.4) is 0 Å². The Morgan fingerprint density at radius 2 is 1.52 bits per heavy atom. The van der Waals surface area contributed by atoms with Gasteiger partial charge in [-0.2, -0.15) is 0 Å². The Morgan fingerprint density at radius 3 is 2.10 bits per heavy atom. The fourth-order valence-corrected chi connectivity index (χ4v) is 2.93. The molecule has 2 N–H and O–H groups in total. The van der Waals surface area contributed by atoms with Crippen molar-refractivity contribution in [2.45, 2.75) is 31.8 Å². The Morgan fingerprint density at radius 1 is 0.952 bits per heavy atom. The van der Waals surface area contributed by atoms with Crippen LogP contribution in [0.1, 0.15) is 30.5 Å². The van der Waals surface area contributed by atoms with Gasteiger partial charge in [-0.05, 0) is 44.5 Å². The van der Waals surface area contributed by atoms with Crippen molar-refractivity contribution in [3.05, 3.63) is 71.8 Å². The van der Waals surface area contributed by atoms with Gasteiger partial charge in [-0.1, -0.05) is 60.7 Å². The zero-order chi connectivity index (χ0) is 15.1. The minimum absolute atomic E-state index is 0.120. The van der Waals surface area contributed by atoms with Crippen molar-refractivity contribution in [2.75, 3.05) is 13.6 Å². The molecule has 0 aliphatic heterocycles. The molecule has 0 bridgehead atoms. The van der Waals surface area contributed by atoms with Crippen molar-refractivity contribution in [3.63, 3.8) is 0 Å². The van der Waals surface area contributed by atoms with Gasteiger partial charge in [-0.3, -0.25) is 4.90 Å². The van der Waals surface area contributed by atoms with Crippen LogP contribution in [-0.2, 0) is 6.42 Å². The molecule has 0 aromatic heterocycles. The Kier molecular flexibility index (Phi) is 5.97. The predicted molar refractivity (Wildman–Crippen MR) is 90.2 cm³/mol. The smallest absolute Gasteiger partial charge is 0.0493 e. The summed E-state index contributed by atoms with van der Waals surface area (Å²) in [4.78, 5) is 2.38. The first-order valence-electron chi connectivity index (χ1n) is 7.73. The number of hydrogen-bond donors (Lipinski definition) is 1. The summed E-state index contributed by atoms with van der Waals surface area (Å²) in [6.07, 6.45) is 2.27. The fourth-order valence-electron chi connectivity index (χ4n) is 2.93. The van der Waals surface area contributed by atoms with Gasteiger partial charge in [0.15, 0.2) is 0 Å². The summed E-state index contributed by atoms with van der Waals surface area (Å²) in [6.45, 7) is 3.14. The normalized spacial score (nSPS) is 14.1. The Bertz CT molecular complexity index is 508. The number of hydrogen-bond acceptors (Lipinski definition) is 2. The highest BCUT2D eigenvalue weighted by atomic mass is 15.1. The van der Waals surface area contributed by atoms with Gasteiger partial charge in [0.05, 0.1) is 0 Å². The van der Waals surface area contributed by atoms with E-state index < -0.39 is 0 Å². The van der Waals surface area contributed by atoms with E-state index in [-0.39, 0.29) is 12.1 Å². The van der Waals surface area contributed by atoms with Crippen LogP contribution < -0.4 is 5.73 Å². The molecule has 2 atom stereocenters. The predicted octanol–water partition coefficient (Wildman–Crippen LogP) is 3.64. The van der Waals surface area contributed by atoms with E-state index in [9.17, 15) is 0 Å². The molecule has 0 aliphatic rings. The van der Waals surface area contributed by atoms with E-state index in [0.29, 0.717) is 0 Å². The number of rotatable bonds is 7. The van der Waals surface area contributed by atoms with Gasteiger partial charge in [0, 0.05) is 12.1 Å². The summed E-state index contributed by atoms with van der Waals surface area (Å²) in [5, 5.41) is 0. The third kappa shape index (κ3) is 4.69. The number of aryl methyl sites for hydroxylation is 1. The summed E-state index contributed by atoms with van der Waals surface area (Å²) in [6, 6.07) is 21.6. The van der Waals surface area contributed by atoms with Gasteiger partial charge in [0.2, 0.25) is 0 Å². The zero-order valence-corrected chi connectivity index (χ0v) is 13.1. The first-order valence-corrected chi connectivity index (χ1v) is 7.73. The molecule has 2 rings (SSSR count). The molecule has 2 unspecified atom stereocenters. The monoisotopic (exact) mass is 282 g/mol. The largest absolute Gasteiger partial charge is 0.326 e. The second-order valence-corrected chi connectivity index (χ2v) is 5.78. The van der Waals surface area contributed by atoms with Crippen molar-refractivity contribution in [3.8, 4) is 0 Å². The van der Waals surface area contributed by atoms with Gasteiger partial charge in [0.25, 0.3) is 0 Å². The molecule has 0 fully saturated rings. The lowest BCUT2D eigenvalue weighted by Crippen LogP contribution is -2.37. The molecule has 2 aromatic rings. The van der Waals surface area contributed by atoms with E-state index >= 15 is 0 Å². The number of benzene rings is 2. The van der Waals surface area contributed by atoms with Gasteiger partial charge in [-0.15, -0.1) is 0 Å². The van der Waals surface area contributed by atoms with E-state index in [1.54, 1.807) is 0 Å². The molecule has 0 spiro atoms. The quantitative estimate of drug-likeness (QED) is 0.840. The molecule has 0 saturated heterocycles. The number of nitrogens with two attached hydrogens (primary N) is 1. The minimum atomic E-state index is 0.120. The third-order valence-electron chi connectivity index (χ3n) is 3.93. The topological polar surface area (TPSA) is 29.3 Å². The molecule has 0 saturated carbocycles. The maximum atomic E-state index is 6.21. The lowest BCUT2D eigenvalue weighted by Gasteiger charge is -2.31. The lowest BCUT2D eigenvalue weighted by atomic mass is 9.99. The zero-order valence-electron chi connectivity index (χ0n) is 13.1. The standard InChI is InChI=1S/C19H26N2/c1-16(20)19(18-13-7-4-8-14-18)21(2)15-9-12-17-10-5-3-6-11-17/h3-8,10-11,13-14,16,19H,9,12,15,20H2,1-2H3. The summed E-state index contributed by atoms with van der Waals surface area (Å²) >= 11 is 0. The molecule has 21 heavy (non-hydrogen) atoms. The van der Waals surface area contributed by atoms with Crippen molar-refractivity contribution in [2.24, 2.45) is 5.73 Å². The van der Waals surface area contributed by atoms with Crippen molar-refractivity contribution < 1.29 is 0 Å². The van der Waals surface area contributed by atoms with Gasteiger partial charge < -0.3 is 5.73 Å². The van der Waals surface area contributed by atoms with Crippen molar-refractivity contribution in [1.82, 2.24) is 4.90 Å². The summed E-state index contributed by atoms with van der Waals surface area (Å²) in [5.41, 5.74) is 8.92. The van der Waals surface area contributed by atoms with Gasteiger partial charge >= 0.3 is 0 Å². The van der Waals surface area contributed by atoms with Crippen molar-refractivity contribution >= 4 is 0 Å². The van der Waals surface area contributed by atoms with Crippen LogP contribution in [0.5, 0.6) is 0 Å². The molecule has 0 heterocycles. The fraction of sp³-hybridized carbons (Fsp3) is 0.368. The molecule has 0 radical (unpaired) electrons. The number of likely N-dealkylation sites (N-methyl/N-ethyl adjacent to an activating group) is 1. The Balaban J connectivity index is 1.92. The SMILES string of the molecule is CC(N)C(c1ccccc1)N(C)CCCc1ccccc1. The Labute approximate surface area is 128 Å². The van der Waals surface area contributed by atoms with Crippen LogP contribution in [0.25, 0.3) is 0 Å². The molecule has 2 nitrogen and oxygen atoms in total. The van der Waals surface area contributed by atoms with E-state index in [4.69, 9.17) is 5.73 Å². The van der Waals surface area contributed by atoms with Crippen LogP contribution in [0, 0.1) is 0 Å². The molecular formula is C19H26N2. The number of nitrogens with zero attached hydrogens (tertiary/aromatic N) is 1. The Hall–Kier alpha value is -1.64. The highest BCUT2D eigenvalue weighted by Crippen LogP contribution is 2.22. The molecule has 112 valence electrons. The second-order valence-electron chi connectivity index (χ2n) is 5.78. The first-order chi connectivity index (χ1) is 10.2. The van der Waals surface area contributed by atoms with Crippen LogP contribution >= 0.6 is 0 Å². The van der Waals surface area contributed by atoms with Crippen LogP contribution in [0.2, 0.25) is 0 Å². The first kappa shape index (κ1) is 15.7. The molecule has 0 aliphatic carbocycles. The second kappa shape index (κ2) is 7.96. The van der Waals surface area contributed by atoms with Crippen molar-refractivity contribution in [1.29, 1.82) is 0 Å². The van der Waals surface area contributed by atoms with Gasteiger partial charge in [0.1, 0.15) is 0 Å². The lowest BCUT2D eigenvalue weighted by molar-refractivity contribution is 0.217. The highest BCUT2D eigenvalue weighted by molar-refractivity contribution is 5.20. The highest BCUT2D eigenvalue weighted by Gasteiger charge is 2.20. The van der Waals surface area contributed by atoms with E-state index in [0.717, 1.165) is 19.4 Å². The third-order valence-corrected chi connectivity index (χ3v) is 3.93. The molecule has 2 heteroatoms. The maximum Gasteiger partial charge on any atom is 0.0493 e. The molecule has 2 aromatic carbocycles.